The highest BCUT2D eigenvalue weighted by Gasteiger charge is 2.26. The zero-order valence-corrected chi connectivity index (χ0v) is 29.5. The minimum absolute atomic E-state index is 0.0167. The van der Waals surface area contributed by atoms with Crippen molar-refractivity contribution in [3.05, 3.63) is 24.3 Å². The zero-order chi connectivity index (χ0) is 32.9. The van der Waals surface area contributed by atoms with Gasteiger partial charge in [0.1, 0.15) is 19.8 Å². The van der Waals surface area contributed by atoms with Gasteiger partial charge in [0.2, 0.25) is 0 Å². The van der Waals surface area contributed by atoms with Crippen molar-refractivity contribution >= 4 is 19.8 Å². The molecule has 0 saturated heterocycles. The first kappa shape index (κ1) is 42.5. The molecule has 0 saturated carbocycles. The number of hydrogen-bond donors (Lipinski definition) is 1. The number of unbranched alkanes of at least 4 members (excludes halogenated alkanes) is 15. The van der Waals surface area contributed by atoms with Gasteiger partial charge in [-0.15, -0.1) is 0 Å². The van der Waals surface area contributed by atoms with Gasteiger partial charge in [-0.3, -0.25) is 13.8 Å². The van der Waals surface area contributed by atoms with Gasteiger partial charge in [-0.2, -0.15) is 0 Å². The zero-order valence-electron chi connectivity index (χ0n) is 28.6. The number of phosphoric ester groups is 1. The molecule has 9 nitrogen and oxygen atoms in total. The van der Waals surface area contributed by atoms with Gasteiger partial charge in [0.15, 0.2) is 6.10 Å². The molecule has 1 N–H and O–H groups in total. The van der Waals surface area contributed by atoms with Crippen molar-refractivity contribution in [3.63, 3.8) is 0 Å². The van der Waals surface area contributed by atoms with Crippen LogP contribution in [0.2, 0.25) is 0 Å². The summed E-state index contributed by atoms with van der Waals surface area (Å²) in [6, 6.07) is 0. The molecule has 0 fully saturated rings. The number of allylic oxidation sites excluding steroid dienone is 3. The molecule has 0 aliphatic heterocycles. The van der Waals surface area contributed by atoms with E-state index in [1.807, 2.05) is 27.2 Å². The van der Waals surface area contributed by atoms with E-state index in [4.69, 9.17) is 18.5 Å². The van der Waals surface area contributed by atoms with Crippen LogP contribution in [0.15, 0.2) is 24.3 Å². The number of likely N-dealkylation sites (N-methyl/N-ethyl adjacent to an activating group) is 1. The van der Waals surface area contributed by atoms with E-state index >= 15 is 0 Å². The average molecular weight is 647 g/mol. The van der Waals surface area contributed by atoms with E-state index < -0.39 is 32.5 Å². The molecule has 0 aliphatic rings. The third kappa shape index (κ3) is 30.5. The maximum Gasteiger partial charge on any atom is 0.472 e. The first-order valence-corrected chi connectivity index (χ1v) is 18.6. The van der Waals surface area contributed by atoms with Crippen LogP contribution in [-0.2, 0) is 32.7 Å². The molecule has 0 spiro atoms. The molecular weight excluding hydrogens is 581 g/mol. The van der Waals surface area contributed by atoms with Gasteiger partial charge in [-0.1, -0.05) is 128 Å². The van der Waals surface area contributed by atoms with Crippen molar-refractivity contribution in [2.75, 3.05) is 47.5 Å². The summed E-state index contributed by atoms with van der Waals surface area (Å²) in [5.74, 6) is -1.07. The Bertz CT molecular complexity index is 825. The summed E-state index contributed by atoms with van der Waals surface area (Å²) in [7, 11) is 1.42. The van der Waals surface area contributed by atoms with Crippen LogP contribution in [0.3, 0.4) is 0 Å². The van der Waals surface area contributed by atoms with E-state index in [0.29, 0.717) is 11.0 Å². The van der Waals surface area contributed by atoms with Crippen molar-refractivity contribution in [1.82, 2.24) is 0 Å². The number of carbonyl (C=O) groups excluding carboxylic acids is 2. The number of esters is 2. The molecule has 0 aromatic rings. The lowest BCUT2D eigenvalue weighted by atomic mass is 10.0. The highest BCUT2D eigenvalue weighted by Crippen LogP contribution is 2.43. The Balaban J connectivity index is 4.34. The van der Waals surface area contributed by atoms with Crippen LogP contribution in [0, 0.1) is 0 Å². The smallest absolute Gasteiger partial charge is 0.462 e. The third-order valence-electron chi connectivity index (χ3n) is 7.07. The highest BCUT2D eigenvalue weighted by molar-refractivity contribution is 7.47. The normalized spacial score (nSPS) is 14.2. The molecule has 10 heteroatoms. The highest BCUT2D eigenvalue weighted by atomic mass is 31.2. The Morgan fingerprint density at radius 3 is 1.82 bits per heavy atom. The molecule has 0 bridgehead atoms. The topological polar surface area (TPSA) is 108 Å². The summed E-state index contributed by atoms with van der Waals surface area (Å²) in [6.45, 7) is 4.10. The molecule has 0 amide bonds. The van der Waals surface area contributed by atoms with Crippen molar-refractivity contribution < 1.29 is 42.1 Å². The van der Waals surface area contributed by atoms with E-state index in [-0.39, 0.29) is 19.6 Å². The number of phosphoric acid groups is 1. The molecule has 0 radical (unpaired) electrons. The van der Waals surface area contributed by atoms with E-state index in [0.717, 1.165) is 32.1 Å². The summed E-state index contributed by atoms with van der Waals surface area (Å²) >= 11 is 0. The Morgan fingerprint density at radius 2 is 1.30 bits per heavy atom. The Hall–Kier alpha value is -1.51. The molecule has 0 aliphatic carbocycles. The van der Waals surface area contributed by atoms with Crippen molar-refractivity contribution in [2.45, 2.75) is 136 Å². The summed E-state index contributed by atoms with van der Waals surface area (Å²) in [5.41, 5.74) is 0. The monoisotopic (exact) mass is 646 g/mol. The number of rotatable bonds is 30. The minimum Gasteiger partial charge on any atom is -0.462 e. The van der Waals surface area contributed by atoms with E-state index in [1.54, 1.807) is 12.2 Å². The first-order valence-electron chi connectivity index (χ1n) is 17.1. The average Bonchev–Trinajstić information content (AvgIpc) is 2.95. The van der Waals surface area contributed by atoms with Crippen molar-refractivity contribution in [1.29, 1.82) is 0 Å². The van der Waals surface area contributed by atoms with Crippen LogP contribution in [0.1, 0.15) is 129 Å². The lowest BCUT2D eigenvalue weighted by Crippen LogP contribution is -2.37. The SMILES string of the molecule is CCCC=CC=CC(=O)O[C@H](COC(=O)CCCCCCCCCCCCCCCCC)COP(=O)(O)OCC[N+](C)(C)C. The Kier molecular flexibility index (Phi) is 26.8. The summed E-state index contributed by atoms with van der Waals surface area (Å²) in [5, 5.41) is 0. The fraction of sp³-hybridized carbons (Fsp3) is 0.824. The third-order valence-corrected chi connectivity index (χ3v) is 8.06. The number of carbonyl (C=O) groups is 2. The summed E-state index contributed by atoms with van der Waals surface area (Å²) < 4.78 is 33.6. The van der Waals surface area contributed by atoms with E-state index in [1.165, 1.54) is 83.1 Å². The first-order chi connectivity index (χ1) is 21.0. The van der Waals surface area contributed by atoms with Crippen LogP contribution < -0.4 is 0 Å². The number of quaternary nitrogens is 1. The second-order valence-electron chi connectivity index (χ2n) is 12.6. The maximum absolute atomic E-state index is 12.3. The predicted octanol–water partition coefficient (Wildman–Crippen LogP) is 8.46. The largest absolute Gasteiger partial charge is 0.472 e. The van der Waals surface area contributed by atoms with Gasteiger partial charge in [0.25, 0.3) is 0 Å². The van der Waals surface area contributed by atoms with Gasteiger partial charge in [0.05, 0.1) is 27.7 Å². The van der Waals surface area contributed by atoms with Gasteiger partial charge in [-0.05, 0) is 12.8 Å². The molecule has 44 heavy (non-hydrogen) atoms. The van der Waals surface area contributed by atoms with Gasteiger partial charge in [0, 0.05) is 12.5 Å². The Labute approximate surface area is 268 Å². The molecule has 1 unspecified atom stereocenters. The number of nitrogens with zero attached hydrogens (tertiary/aromatic N) is 1. The molecule has 0 rings (SSSR count). The van der Waals surface area contributed by atoms with Crippen LogP contribution in [-0.4, -0.2) is 74.9 Å². The molecule has 2 atom stereocenters. The lowest BCUT2D eigenvalue weighted by molar-refractivity contribution is -0.870. The van der Waals surface area contributed by atoms with Crippen LogP contribution in [0.4, 0.5) is 0 Å². The van der Waals surface area contributed by atoms with Crippen LogP contribution in [0.25, 0.3) is 0 Å². The molecule has 0 aromatic heterocycles. The molecule has 0 aromatic carbocycles. The summed E-state index contributed by atoms with van der Waals surface area (Å²) in [6.07, 6.45) is 26.3. The second kappa shape index (κ2) is 27.8. The van der Waals surface area contributed by atoms with Gasteiger partial charge >= 0.3 is 19.8 Å². The Morgan fingerprint density at radius 1 is 0.750 bits per heavy atom. The summed E-state index contributed by atoms with van der Waals surface area (Å²) in [4.78, 5) is 34.6. The number of hydrogen-bond acceptors (Lipinski definition) is 7. The van der Waals surface area contributed by atoms with Gasteiger partial charge < -0.3 is 18.9 Å². The standard InChI is InChI=1S/C34H64NO8P/c1-6-8-10-12-13-14-15-16-17-18-19-20-21-23-24-26-33(36)40-30-32(43-34(37)27-25-22-11-9-7-2)31-42-44(38,39)41-29-28-35(3,4)5/h11,22,25,27,32H,6-10,12-21,23-24,26,28-31H2,1-5H3/p+1/t32-/m1/s1. The predicted molar refractivity (Wildman–Crippen MR) is 178 cm³/mol. The molecule has 0 heterocycles. The van der Waals surface area contributed by atoms with Crippen LogP contribution in [0.5, 0.6) is 0 Å². The fourth-order valence-electron chi connectivity index (χ4n) is 4.34. The lowest BCUT2D eigenvalue weighted by Gasteiger charge is -2.24. The van der Waals surface area contributed by atoms with E-state index in [2.05, 4.69) is 13.8 Å². The van der Waals surface area contributed by atoms with Gasteiger partial charge in [-0.25, -0.2) is 9.36 Å². The van der Waals surface area contributed by atoms with E-state index in [9.17, 15) is 19.0 Å². The van der Waals surface area contributed by atoms with Crippen molar-refractivity contribution in [3.8, 4) is 0 Å². The maximum atomic E-state index is 12.3. The molecular formula is C34H65NO8P+. The van der Waals surface area contributed by atoms with Crippen LogP contribution >= 0.6 is 7.82 Å². The minimum atomic E-state index is -4.37. The van der Waals surface area contributed by atoms with Crippen molar-refractivity contribution in [2.24, 2.45) is 0 Å². The quantitative estimate of drug-likeness (QED) is 0.0207. The second-order valence-corrected chi connectivity index (χ2v) is 14.1. The number of ether oxygens (including phenoxy) is 2. The molecule has 258 valence electrons. The fourth-order valence-corrected chi connectivity index (χ4v) is 5.08.